The van der Waals surface area contributed by atoms with Crippen LogP contribution in [-0.4, -0.2) is 81.9 Å². The second-order valence-electron chi connectivity index (χ2n) is 9.48. The summed E-state index contributed by atoms with van der Waals surface area (Å²) in [6, 6.07) is 18.1. The fourth-order valence-electron chi connectivity index (χ4n) is 3.57. The molecule has 3 aromatic heterocycles. The van der Waals surface area contributed by atoms with Crippen LogP contribution >= 0.6 is 0 Å². The van der Waals surface area contributed by atoms with Crippen molar-refractivity contribution < 1.29 is 73.6 Å². The first-order chi connectivity index (χ1) is 24.1. The number of carbonyl (C=O) groups is 3. The zero-order chi connectivity index (χ0) is 39.0. The van der Waals surface area contributed by atoms with Crippen molar-refractivity contribution >= 4 is 62.3 Å². The summed E-state index contributed by atoms with van der Waals surface area (Å²) >= 11 is 0. The number of nitrogens with one attached hydrogen (secondary N) is 2. The summed E-state index contributed by atoms with van der Waals surface area (Å²) in [5.41, 5.74) is 4.18. The van der Waals surface area contributed by atoms with Gasteiger partial charge in [0.25, 0.3) is 0 Å². The summed E-state index contributed by atoms with van der Waals surface area (Å²) < 4.78 is 110. The van der Waals surface area contributed by atoms with Gasteiger partial charge in [0.2, 0.25) is 0 Å². The van der Waals surface area contributed by atoms with Gasteiger partial charge >= 0.3 is 36.4 Å². The molecule has 0 amide bonds. The van der Waals surface area contributed by atoms with E-state index in [1.165, 1.54) is 6.07 Å². The van der Waals surface area contributed by atoms with E-state index in [-0.39, 0.29) is 0 Å². The molecule has 5 N–H and O–H groups in total. The van der Waals surface area contributed by atoms with Crippen molar-refractivity contribution in [2.45, 2.75) is 18.5 Å². The number of para-hydroxylation sites is 2. The molecule has 6 aromatic rings. The highest BCUT2D eigenvalue weighted by Gasteiger charge is 2.39. The van der Waals surface area contributed by atoms with E-state index in [9.17, 15) is 43.9 Å². The van der Waals surface area contributed by atoms with Crippen molar-refractivity contribution in [1.29, 1.82) is 0 Å². The van der Waals surface area contributed by atoms with Crippen molar-refractivity contribution in [2.75, 3.05) is 5.32 Å². The molecule has 0 saturated heterocycles. The van der Waals surface area contributed by atoms with Crippen LogP contribution in [0.1, 0.15) is 0 Å². The molecule has 13 nitrogen and oxygen atoms in total. The Bertz CT molecular complexity index is 2170. The van der Waals surface area contributed by atoms with Gasteiger partial charge in [0.15, 0.2) is 5.82 Å². The predicted octanol–water partition coefficient (Wildman–Crippen LogP) is 6.90. The zero-order valence-corrected chi connectivity index (χ0v) is 25.0. The lowest BCUT2D eigenvalue weighted by Gasteiger charge is -2.12. The SMILES string of the molecule is Fc1cccc2nc(-c3cnc4ccccc4n3)nc(Nc3ccc4[nH]ncc4c3)c12.O=C(O)C(F)(F)F.O=C(O)C(F)(F)F.O=C(O)C(F)(F)F. The second kappa shape index (κ2) is 15.9. The molecule has 3 heterocycles. The lowest BCUT2D eigenvalue weighted by molar-refractivity contribution is -0.193. The van der Waals surface area contributed by atoms with E-state index in [1.54, 1.807) is 24.5 Å². The van der Waals surface area contributed by atoms with Gasteiger partial charge in [-0.2, -0.15) is 44.6 Å². The molecule has 0 spiro atoms. The minimum Gasteiger partial charge on any atom is -0.475 e. The van der Waals surface area contributed by atoms with Crippen molar-refractivity contribution in [1.82, 2.24) is 30.1 Å². The molecule has 0 atom stereocenters. The topological polar surface area (TPSA) is 204 Å². The minimum absolute atomic E-state index is 0.312. The molecule has 0 fully saturated rings. The van der Waals surface area contributed by atoms with E-state index in [4.69, 9.17) is 29.7 Å². The molecule has 23 heteroatoms. The Morgan fingerprint density at radius 3 is 1.75 bits per heavy atom. The number of fused-ring (bicyclic) bond motifs is 3. The number of halogens is 10. The summed E-state index contributed by atoms with van der Waals surface area (Å²) in [5.74, 6) is -7.95. The molecule has 0 unspecified atom stereocenters. The van der Waals surface area contributed by atoms with Crippen LogP contribution < -0.4 is 5.32 Å². The number of nitrogens with zero attached hydrogens (tertiary/aromatic N) is 5. The van der Waals surface area contributed by atoms with Crippen LogP contribution in [0.2, 0.25) is 0 Å². The lowest BCUT2D eigenvalue weighted by Crippen LogP contribution is -2.21. The van der Waals surface area contributed by atoms with E-state index in [0.717, 1.165) is 27.6 Å². The van der Waals surface area contributed by atoms with Crippen LogP contribution in [-0.2, 0) is 14.4 Å². The Kier molecular flexibility index (Phi) is 12.2. The maximum absolute atomic E-state index is 14.7. The number of benzene rings is 3. The number of aliphatic carboxylic acids is 3. The third kappa shape index (κ3) is 10.9. The molecule has 52 heavy (non-hydrogen) atoms. The maximum Gasteiger partial charge on any atom is 0.490 e. The number of aromatic nitrogens is 6. The number of rotatable bonds is 3. The highest BCUT2D eigenvalue weighted by atomic mass is 19.4. The fraction of sp³-hybridized carbons (Fsp3) is 0.103. The molecule has 0 aliphatic heterocycles. The molecule has 0 aliphatic carbocycles. The van der Waals surface area contributed by atoms with Crippen LogP contribution in [0.5, 0.6) is 0 Å². The summed E-state index contributed by atoms with van der Waals surface area (Å²) in [4.78, 5) is 44.9. The zero-order valence-electron chi connectivity index (χ0n) is 25.0. The molecular formula is C29H17F10N7O6. The minimum atomic E-state index is -5.08. The third-order valence-electron chi connectivity index (χ3n) is 5.78. The smallest absolute Gasteiger partial charge is 0.475 e. The summed E-state index contributed by atoms with van der Waals surface area (Å²) in [5, 5.41) is 32.8. The van der Waals surface area contributed by atoms with Gasteiger partial charge in [-0.1, -0.05) is 18.2 Å². The van der Waals surface area contributed by atoms with E-state index >= 15 is 0 Å². The second-order valence-corrected chi connectivity index (χ2v) is 9.48. The van der Waals surface area contributed by atoms with Gasteiger partial charge in [-0.25, -0.2) is 33.7 Å². The van der Waals surface area contributed by atoms with Crippen LogP contribution in [0, 0.1) is 5.82 Å². The van der Waals surface area contributed by atoms with E-state index < -0.39 is 42.3 Å². The number of hydrogen-bond donors (Lipinski definition) is 5. The van der Waals surface area contributed by atoms with Crippen LogP contribution in [0.25, 0.3) is 44.4 Å². The average molecular weight is 749 g/mol. The maximum atomic E-state index is 14.7. The number of anilines is 2. The van der Waals surface area contributed by atoms with Crippen LogP contribution in [0.4, 0.5) is 55.4 Å². The van der Waals surface area contributed by atoms with Gasteiger partial charge in [0.05, 0.1) is 39.8 Å². The van der Waals surface area contributed by atoms with E-state index in [1.807, 2.05) is 42.5 Å². The monoisotopic (exact) mass is 749 g/mol. The van der Waals surface area contributed by atoms with Gasteiger partial charge in [0, 0.05) is 11.1 Å². The molecule has 0 aliphatic rings. The van der Waals surface area contributed by atoms with Crippen molar-refractivity contribution in [3.8, 4) is 11.5 Å². The molecule has 0 saturated carbocycles. The van der Waals surface area contributed by atoms with Gasteiger partial charge in [-0.05, 0) is 42.5 Å². The van der Waals surface area contributed by atoms with Crippen molar-refractivity contribution in [3.05, 3.63) is 78.9 Å². The quantitative estimate of drug-likeness (QED) is 0.117. The number of hydrogen-bond acceptors (Lipinski definition) is 9. The van der Waals surface area contributed by atoms with Gasteiger partial charge in [0.1, 0.15) is 17.3 Å². The highest BCUT2D eigenvalue weighted by Crippen LogP contribution is 2.30. The Labute approximate surface area is 280 Å². The Morgan fingerprint density at radius 2 is 1.19 bits per heavy atom. The number of alkyl halides is 9. The average Bonchev–Trinajstić information content (AvgIpc) is 3.52. The molecule has 6 rings (SSSR count). The van der Waals surface area contributed by atoms with Crippen molar-refractivity contribution in [3.63, 3.8) is 0 Å². The summed E-state index contributed by atoms with van der Waals surface area (Å²) in [6.45, 7) is 0. The first kappa shape index (κ1) is 39.8. The number of carboxylic acids is 3. The van der Waals surface area contributed by atoms with Gasteiger partial charge in [-0.3, -0.25) is 10.1 Å². The fourth-order valence-corrected chi connectivity index (χ4v) is 3.57. The highest BCUT2D eigenvalue weighted by molar-refractivity contribution is 5.94. The first-order valence-electron chi connectivity index (χ1n) is 13.4. The third-order valence-corrected chi connectivity index (χ3v) is 5.78. The number of carboxylic acid groups (broad SMARTS) is 3. The molecule has 0 bridgehead atoms. The van der Waals surface area contributed by atoms with Crippen LogP contribution in [0.3, 0.4) is 0 Å². The molecule has 274 valence electrons. The van der Waals surface area contributed by atoms with Gasteiger partial charge < -0.3 is 20.6 Å². The Hall–Kier alpha value is -6.68. The Morgan fingerprint density at radius 1 is 0.654 bits per heavy atom. The molecule has 0 radical (unpaired) electrons. The van der Waals surface area contributed by atoms with Crippen LogP contribution in [0.15, 0.2) is 73.1 Å². The number of aromatic amines is 1. The predicted molar refractivity (Wildman–Crippen MR) is 158 cm³/mol. The largest absolute Gasteiger partial charge is 0.490 e. The van der Waals surface area contributed by atoms with Gasteiger partial charge in [-0.15, -0.1) is 0 Å². The number of H-pyrrole nitrogens is 1. The summed E-state index contributed by atoms with van der Waals surface area (Å²) in [6.07, 6.45) is -11.9. The van der Waals surface area contributed by atoms with E-state index in [0.29, 0.717) is 28.2 Å². The summed E-state index contributed by atoms with van der Waals surface area (Å²) in [7, 11) is 0. The standard InChI is InChI=1S/C23H14FN7.3C2HF3O2/c24-15-4-3-7-19-21(15)23(27-14-8-9-16-13(10-14)11-26-31-16)30-22(29-19)20-12-25-17-5-1-2-6-18(17)28-20;3*3-2(4,5)1(6)7/h1-12H,(H,26,31)(H,27,29,30);3*(H,6,7). The Balaban J connectivity index is 0.000000285. The molecule has 3 aromatic carbocycles. The molecular weight excluding hydrogens is 732 g/mol. The lowest BCUT2D eigenvalue weighted by atomic mass is 10.2. The van der Waals surface area contributed by atoms with E-state index in [2.05, 4.69) is 35.5 Å². The normalized spacial score (nSPS) is 11.3. The first-order valence-corrected chi connectivity index (χ1v) is 13.4. The van der Waals surface area contributed by atoms with Crippen molar-refractivity contribution in [2.24, 2.45) is 0 Å².